The average molecular weight is 344 g/mol. The van der Waals surface area contributed by atoms with Crippen molar-refractivity contribution in [3.63, 3.8) is 0 Å². The molecule has 3 rings (SSSR count). The minimum Gasteiger partial charge on any atom is -0.399 e. The van der Waals surface area contributed by atoms with Crippen molar-refractivity contribution in [2.75, 3.05) is 5.73 Å². The van der Waals surface area contributed by atoms with Crippen molar-refractivity contribution in [2.45, 2.75) is 26.7 Å². The number of nitrogens with two attached hydrogens (primary N) is 1. The number of hydrogen-bond donors (Lipinski definition) is 1. The topological polar surface area (TPSA) is 43.8 Å². The second-order valence-corrected chi connectivity index (χ2v) is 6.21. The molecule has 21 heavy (non-hydrogen) atoms. The summed E-state index contributed by atoms with van der Waals surface area (Å²) in [5, 5.41) is 0. The molecule has 108 valence electrons. The Morgan fingerprint density at radius 2 is 2.00 bits per heavy atom. The Balaban J connectivity index is 2.30. The highest BCUT2D eigenvalue weighted by Gasteiger charge is 2.13. The Morgan fingerprint density at radius 3 is 2.71 bits per heavy atom. The summed E-state index contributed by atoms with van der Waals surface area (Å²) >= 11 is 3.53. The van der Waals surface area contributed by atoms with Crippen LogP contribution >= 0.6 is 15.9 Å². The maximum atomic E-state index is 5.89. The van der Waals surface area contributed by atoms with Crippen molar-refractivity contribution in [1.82, 2.24) is 9.55 Å². The van der Waals surface area contributed by atoms with Crippen LogP contribution in [0.15, 0.2) is 40.9 Å². The molecule has 0 saturated carbocycles. The summed E-state index contributed by atoms with van der Waals surface area (Å²) < 4.78 is 3.34. The minimum atomic E-state index is 0.753. The Bertz CT molecular complexity index is 805. The molecule has 1 heterocycles. The van der Waals surface area contributed by atoms with E-state index < -0.39 is 0 Å². The van der Waals surface area contributed by atoms with E-state index >= 15 is 0 Å². The second kappa shape index (κ2) is 5.53. The van der Waals surface area contributed by atoms with Crippen molar-refractivity contribution < 1.29 is 0 Å². The third kappa shape index (κ3) is 2.56. The Hall–Kier alpha value is -1.81. The zero-order valence-corrected chi connectivity index (χ0v) is 13.8. The van der Waals surface area contributed by atoms with E-state index in [1.165, 1.54) is 11.3 Å². The van der Waals surface area contributed by atoms with E-state index in [1.807, 2.05) is 12.1 Å². The molecule has 0 saturated heterocycles. The fourth-order valence-corrected chi connectivity index (χ4v) is 3.15. The van der Waals surface area contributed by atoms with E-state index in [9.17, 15) is 0 Å². The van der Waals surface area contributed by atoms with Gasteiger partial charge in [0.25, 0.3) is 0 Å². The van der Waals surface area contributed by atoms with Crippen LogP contribution < -0.4 is 5.73 Å². The monoisotopic (exact) mass is 343 g/mol. The van der Waals surface area contributed by atoms with E-state index in [0.717, 1.165) is 39.9 Å². The van der Waals surface area contributed by atoms with Crippen LogP contribution in [0.4, 0.5) is 5.69 Å². The number of imidazole rings is 1. The molecule has 0 bridgehead atoms. The first-order chi connectivity index (χ1) is 10.1. The number of halogens is 1. The van der Waals surface area contributed by atoms with E-state index in [0.29, 0.717) is 0 Å². The van der Waals surface area contributed by atoms with Crippen LogP contribution in [-0.4, -0.2) is 9.55 Å². The molecule has 0 aliphatic rings. The number of aryl methyl sites for hydroxylation is 2. The first kappa shape index (κ1) is 14.1. The third-order valence-electron chi connectivity index (χ3n) is 3.62. The van der Waals surface area contributed by atoms with Gasteiger partial charge in [0.2, 0.25) is 0 Å². The maximum Gasteiger partial charge on any atom is 0.114 e. The number of nitrogens with zero attached hydrogens (tertiary/aromatic N) is 2. The summed E-state index contributed by atoms with van der Waals surface area (Å²) in [6, 6.07) is 12.3. The van der Waals surface area contributed by atoms with Crippen molar-refractivity contribution in [3.05, 3.63) is 52.3 Å². The zero-order valence-electron chi connectivity index (χ0n) is 12.2. The number of fused-ring (bicyclic) bond motifs is 1. The van der Waals surface area contributed by atoms with Gasteiger partial charge in [-0.25, -0.2) is 4.98 Å². The van der Waals surface area contributed by atoms with Crippen LogP contribution in [0.3, 0.4) is 0 Å². The van der Waals surface area contributed by atoms with Crippen molar-refractivity contribution in [1.29, 1.82) is 0 Å². The Morgan fingerprint density at radius 1 is 1.19 bits per heavy atom. The van der Waals surface area contributed by atoms with Gasteiger partial charge in [-0.3, -0.25) is 4.57 Å². The zero-order chi connectivity index (χ0) is 15.0. The molecule has 3 nitrogen and oxygen atoms in total. The first-order valence-electron chi connectivity index (χ1n) is 7.13. The van der Waals surface area contributed by atoms with Crippen LogP contribution in [0.1, 0.15) is 24.7 Å². The van der Waals surface area contributed by atoms with E-state index in [1.54, 1.807) is 0 Å². The molecule has 0 aliphatic heterocycles. The summed E-state index contributed by atoms with van der Waals surface area (Å²) in [7, 11) is 0. The standard InChI is InChI=1S/C17H18BrN3/c1-3-4-17-20-14-10-13(19)6-8-16(14)21(17)15-7-5-12(18)9-11(15)2/h5-10H,3-4,19H2,1-2H3. The van der Waals surface area contributed by atoms with E-state index in [-0.39, 0.29) is 0 Å². The van der Waals surface area contributed by atoms with E-state index in [2.05, 4.69) is 58.6 Å². The van der Waals surface area contributed by atoms with Crippen molar-refractivity contribution >= 4 is 32.7 Å². The summed E-state index contributed by atoms with van der Waals surface area (Å²) in [6.07, 6.45) is 2.01. The lowest BCUT2D eigenvalue weighted by Gasteiger charge is -2.12. The third-order valence-corrected chi connectivity index (χ3v) is 4.11. The number of aromatic nitrogens is 2. The van der Waals surface area contributed by atoms with Gasteiger partial charge in [-0.15, -0.1) is 0 Å². The van der Waals surface area contributed by atoms with Gasteiger partial charge < -0.3 is 5.73 Å². The molecular formula is C17H18BrN3. The van der Waals surface area contributed by atoms with Crippen LogP contribution in [0.25, 0.3) is 16.7 Å². The summed E-state index contributed by atoms with van der Waals surface area (Å²) in [6.45, 7) is 4.30. The molecular weight excluding hydrogens is 326 g/mol. The van der Waals surface area contributed by atoms with Gasteiger partial charge in [0, 0.05) is 16.6 Å². The highest BCUT2D eigenvalue weighted by molar-refractivity contribution is 9.10. The SMILES string of the molecule is CCCc1nc2cc(N)ccc2n1-c1ccc(Br)cc1C. The highest BCUT2D eigenvalue weighted by atomic mass is 79.9. The molecule has 0 fully saturated rings. The van der Waals surface area contributed by atoms with Gasteiger partial charge >= 0.3 is 0 Å². The summed E-state index contributed by atoms with van der Waals surface area (Å²) in [5.74, 6) is 1.09. The largest absolute Gasteiger partial charge is 0.399 e. The predicted molar refractivity (Wildman–Crippen MR) is 91.9 cm³/mol. The van der Waals surface area contributed by atoms with Crippen molar-refractivity contribution in [2.24, 2.45) is 0 Å². The molecule has 0 atom stereocenters. The van der Waals surface area contributed by atoms with Gasteiger partial charge in [-0.2, -0.15) is 0 Å². The fourth-order valence-electron chi connectivity index (χ4n) is 2.68. The smallest absolute Gasteiger partial charge is 0.114 e. The summed E-state index contributed by atoms with van der Waals surface area (Å²) in [5.41, 5.74) is 11.1. The first-order valence-corrected chi connectivity index (χ1v) is 7.93. The lowest BCUT2D eigenvalue weighted by atomic mass is 10.2. The molecule has 0 unspecified atom stereocenters. The average Bonchev–Trinajstić information content (AvgIpc) is 2.76. The number of rotatable bonds is 3. The van der Waals surface area contributed by atoms with Crippen LogP contribution in [-0.2, 0) is 6.42 Å². The van der Waals surface area contributed by atoms with Gasteiger partial charge in [-0.1, -0.05) is 22.9 Å². The molecule has 2 aromatic carbocycles. The molecule has 1 aromatic heterocycles. The normalized spacial score (nSPS) is 11.2. The predicted octanol–water partition coefficient (Wildman–Crippen LogP) is 4.63. The molecule has 4 heteroatoms. The molecule has 3 aromatic rings. The van der Waals surface area contributed by atoms with Crippen LogP contribution in [0.2, 0.25) is 0 Å². The fraction of sp³-hybridized carbons (Fsp3) is 0.235. The Kier molecular flexibility index (Phi) is 3.72. The molecule has 0 amide bonds. The molecule has 0 spiro atoms. The van der Waals surface area contributed by atoms with Gasteiger partial charge in [-0.05, 0) is 55.3 Å². The minimum absolute atomic E-state index is 0.753. The second-order valence-electron chi connectivity index (χ2n) is 5.29. The number of hydrogen-bond acceptors (Lipinski definition) is 2. The summed E-state index contributed by atoms with van der Waals surface area (Å²) in [4.78, 5) is 4.77. The van der Waals surface area contributed by atoms with Gasteiger partial charge in [0.1, 0.15) is 5.82 Å². The van der Waals surface area contributed by atoms with Gasteiger partial charge in [0.05, 0.1) is 16.7 Å². The number of benzene rings is 2. The van der Waals surface area contributed by atoms with Crippen LogP contribution in [0, 0.1) is 6.92 Å². The lowest BCUT2D eigenvalue weighted by molar-refractivity contribution is 0.816. The quantitative estimate of drug-likeness (QED) is 0.704. The highest BCUT2D eigenvalue weighted by Crippen LogP contribution is 2.27. The Labute approximate surface area is 132 Å². The van der Waals surface area contributed by atoms with Gasteiger partial charge in [0.15, 0.2) is 0 Å². The molecule has 2 N–H and O–H groups in total. The maximum absolute atomic E-state index is 5.89. The van der Waals surface area contributed by atoms with Crippen molar-refractivity contribution in [3.8, 4) is 5.69 Å². The number of anilines is 1. The van der Waals surface area contributed by atoms with Crippen LogP contribution in [0.5, 0.6) is 0 Å². The molecule has 0 aliphatic carbocycles. The lowest BCUT2D eigenvalue weighted by Crippen LogP contribution is -2.03. The van der Waals surface area contributed by atoms with E-state index in [4.69, 9.17) is 10.7 Å². The number of nitrogen functional groups attached to an aromatic ring is 1. The molecule has 0 radical (unpaired) electrons.